The first-order valence-electron chi connectivity index (χ1n) is 9.58. The summed E-state index contributed by atoms with van der Waals surface area (Å²) in [4.78, 5) is 13.0. The van der Waals surface area contributed by atoms with Gasteiger partial charge in [-0.3, -0.25) is 9.10 Å². The SMILES string of the molecule is COc1ccc([C@@H](C)NC(=O)[C@@H](C)N(c2cc(C)cc(C)c2)S(C)(=O)=O)cc1OC. The molecule has 30 heavy (non-hydrogen) atoms. The van der Waals surface area contributed by atoms with E-state index in [1.165, 1.54) is 0 Å². The standard InChI is InChI=1S/C22H30N2O5S/c1-14-10-15(2)12-19(11-14)24(30(7,26)27)17(4)22(25)23-16(3)18-8-9-20(28-5)21(13-18)29-6/h8-13,16-17H,1-7H3,(H,23,25)/t16-,17-/m1/s1. The van der Waals surface area contributed by atoms with Crippen LogP contribution < -0.4 is 19.1 Å². The predicted octanol–water partition coefficient (Wildman–Crippen LogP) is 3.35. The van der Waals surface area contributed by atoms with Crippen molar-refractivity contribution in [2.75, 3.05) is 24.8 Å². The van der Waals surface area contributed by atoms with Crippen molar-refractivity contribution in [2.45, 2.75) is 39.8 Å². The molecule has 8 heteroatoms. The first-order chi connectivity index (χ1) is 14.0. The molecule has 0 aromatic heterocycles. The zero-order valence-electron chi connectivity index (χ0n) is 18.5. The molecular formula is C22H30N2O5S. The van der Waals surface area contributed by atoms with Crippen molar-refractivity contribution in [3.8, 4) is 11.5 Å². The lowest BCUT2D eigenvalue weighted by Gasteiger charge is -2.30. The Hall–Kier alpha value is -2.74. The number of ether oxygens (including phenoxy) is 2. The summed E-state index contributed by atoms with van der Waals surface area (Å²) in [5.41, 5.74) is 3.12. The van der Waals surface area contributed by atoms with Crippen LogP contribution in [0.25, 0.3) is 0 Å². The molecule has 0 aliphatic heterocycles. The summed E-state index contributed by atoms with van der Waals surface area (Å²) < 4.78 is 36.8. The predicted molar refractivity (Wildman–Crippen MR) is 119 cm³/mol. The van der Waals surface area contributed by atoms with Crippen LogP contribution >= 0.6 is 0 Å². The second-order valence-corrected chi connectivity index (χ2v) is 9.28. The summed E-state index contributed by atoms with van der Waals surface area (Å²) in [6.07, 6.45) is 1.10. The number of anilines is 1. The molecule has 1 N–H and O–H groups in total. The monoisotopic (exact) mass is 434 g/mol. The van der Waals surface area contributed by atoms with Crippen molar-refractivity contribution >= 4 is 21.6 Å². The van der Waals surface area contributed by atoms with E-state index in [-0.39, 0.29) is 6.04 Å². The van der Waals surface area contributed by atoms with E-state index in [1.54, 1.807) is 45.4 Å². The van der Waals surface area contributed by atoms with Crippen LogP contribution in [0, 0.1) is 13.8 Å². The first-order valence-corrected chi connectivity index (χ1v) is 11.4. The minimum Gasteiger partial charge on any atom is -0.493 e. The molecule has 0 aliphatic rings. The normalized spacial score (nSPS) is 13.3. The van der Waals surface area contributed by atoms with E-state index in [4.69, 9.17) is 9.47 Å². The van der Waals surface area contributed by atoms with E-state index in [1.807, 2.05) is 32.9 Å². The Balaban J connectivity index is 2.29. The van der Waals surface area contributed by atoms with Gasteiger partial charge in [-0.2, -0.15) is 0 Å². The zero-order chi connectivity index (χ0) is 22.6. The lowest BCUT2D eigenvalue weighted by Crippen LogP contribution is -2.48. The van der Waals surface area contributed by atoms with Crippen LogP contribution in [0.4, 0.5) is 5.69 Å². The van der Waals surface area contributed by atoms with Crippen LogP contribution in [-0.2, 0) is 14.8 Å². The molecule has 0 saturated heterocycles. The molecule has 2 rings (SSSR count). The van der Waals surface area contributed by atoms with Crippen molar-refractivity contribution in [1.82, 2.24) is 5.32 Å². The van der Waals surface area contributed by atoms with Gasteiger partial charge in [0.2, 0.25) is 15.9 Å². The summed E-state index contributed by atoms with van der Waals surface area (Å²) in [5.74, 6) is 0.741. The highest BCUT2D eigenvalue weighted by Gasteiger charge is 2.30. The Labute approximate surface area is 179 Å². The Morgan fingerprint density at radius 1 is 0.967 bits per heavy atom. The highest BCUT2D eigenvalue weighted by atomic mass is 32.2. The fourth-order valence-corrected chi connectivity index (χ4v) is 4.58. The van der Waals surface area contributed by atoms with Gasteiger partial charge in [-0.05, 0) is 68.7 Å². The Kier molecular flexibility index (Phi) is 7.36. The van der Waals surface area contributed by atoms with Crippen LogP contribution in [0.5, 0.6) is 11.5 Å². The molecule has 1 amide bonds. The Morgan fingerprint density at radius 3 is 2.03 bits per heavy atom. The van der Waals surface area contributed by atoms with Gasteiger partial charge in [0.25, 0.3) is 0 Å². The number of rotatable bonds is 8. The quantitative estimate of drug-likeness (QED) is 0.689. The molecule has 0 radical (unpaired) electrons. The number of aryl methyl sites for hydroxylation is 2. The first kappa shape index (κ1) is 23.5. The third-order valence-electron chi connectivity index (χ3n) is 4.82. The number of carbonyl (C=O) groups is 1. The molecule has 164 valence electrons. The van der Waals surface area contributed by atoms with Crippen molar-refractivity contribution in [2.24, 2.45) is 0 Å². The molecule has 7 nitrogen and oxygen atoms in total. The number of hydrogen-bond acceptors (Lipinski definition) is 5. The number of sulfonamides is 1. The minimum atomic E-state index is -3.68. The molecular weight excluding hydrogens is 404 g/mol. The summed E-state index contributed by atoms with van der Waals surface area (Å²) >= 11 is 0. The third kappa shape index (κ3) is 5.44. The second kappa shape index (κ2) is 9.38. The van der Waals surface area contributed by atoms with E-state index in [0.29, 0.717) is 17.2 Å². The van der Waals surface area contributed by atoms with Crippen LogP contribution in [-0.4, -0.2) is 40.8 Å². The summed E-state index contributed by atoms with van der Waals surface area (Å²) in [5, 5.41) is 2.89. The number of nitrogens with zero attached hydrogens (tertiary/aromatic N) is 1. The fourth-order valence-electron chi connectivity index (χ4n) is 3.43. The molecule has 0 bridgehead atoms. The summed E-state index contributed by atoms with van der Waals surface area (Å²) in [6.45, 7) is 7.19. The van der Waals surface area contributed by atoms with Crippen LogP contribution in [0.15, 0.2) is 36.4 Å². The molecule has 0 unspecified atom stereocenters. The lowest BCUT2D eigenvalue weighted by atomic mass is 10.1. The van der Waals surface area contributed by atoms with Crippen molar-refractivity contribution in [3.63, 3.8) is 0 Å². The molecule has 2 aromatic carbocycles. The van der Waals surface area contributed by atoms with Gasteiger partial charge in [0.1, 0.15) is 6.04 Å². The van der Waals surface area contributed by atoms with Gasteiger partial charge < -0.3 is 14.8 Å². The number of amides is 1. The van der Waals surface area contributed by atoms with Gasteiger partial charge in [0.15, 0.2) is 11.5 Å². The van der Waals surface area contributed by atoms with Crippen molar-refractivity contribution < 1.29 is 22.7 Å². The van der Waals surface area contributed by atoms with Gasteiger partial charge in [-0.15, -0.1) is 0 Å². The second-order valence-electron chi connectivity index (χ2n) is 7.43. The van der Waals surface area contributed by atoms with E-state index in [9.17, 15) is 13.2 Å². The van der Waals surface area contributed by atoms with Crippen LogP contribution in [0.1, 0.15) is 36.6 Å². The van der Waals surface area contributed by atoms with Gasteiger partial charge in [0, 0.05) is 0 Å². The molecule has 0 aliphatic carbocycles. The molecule has 0 fully saturated rings. The molecule has 2 aromatic rings. The van der Waals surface area contributed by atoms with E-state index >= 15 is 0 Å². The molecule has 0 spiro atoms. The number of nitrogens with one attached hydrogen (secondary N) is 1. The van der Waals surface area contributed by atoms with E-state index in [0.717, 1.165) is 27.3 Å². The van der Waals surface area contributed by atoms with Gasteiger partial charge in [0.05, 0.1) is 32.2 Å². The van der Waals surface area contributed by atoms with E-state index < -0.39 is 22.0 Å². The maximum Gasteiger partial charge on any atom is 0.244 e. The molecule has 0 saturated carbocycles. The van der Waals surface area contributed by atoms with Crippen molar-refractivity contribution in [3.05, 3.63) is 53.1 Å². The summed E-state index contributed by atoms with van der Waals surface area (Å²) in [7, 11) is -0.585. The average Bonchev–Trinajstić information content (AvgIpc) is 2.65. The third-order valence-corrected chi connectivity index (χ3v) is 6.06. The Bertz CT molecular complexity index is 1000. The van der Waals surface area contributed by atoms with Gasteiger partial charge in [-0.1, -0.05) is 12.1 Å². The Morgan fingerprint density at radius 2 is 1.53 bits per heavy atom. The largest absolute Gasteiger partial charge is 0.493 e. The number of carbonyl (C=O) groups excluding carboxylic acids is 1. The molecule has 0 heterocycles. The summed E-state index contributed by atoms with van der Waals surface area (Å²) in [6, 6.07) is 9.56. The highest BCUT2D eigenvalue weighted by molar-refractivity contribution is 7.92. The average molecular weight is 435 g/mol. The van der Waals surface area contributed by atoms with Crippen LogP contribution in [0.3, 0.4) is 0 Å². The van der Waals surface area contributed by atoms with E-state index in [2.05, 4.69) is 5.32 Å². The van der Waals surface area contributed by atoms with Crippen molar-refractivity contribution in [1.29, 1.82) is 0 Å². The maximum absolute atomic E-state index is 13.0. The number of methoxy groups -OCH3 is 2. The van der Waals surface area contributed by atoms with Gasteiger partial charge in [-0.25, -0.2) is 8.42 Å². The van der Waals surface area contributed by atoms with Gasteiger partial charge >= 0.3 is 0 Å². The maximum atomic E-state index is 13.0. The lowest BCUT2D eigenvalue weighted by molar-refractivity contribution is -0.122. The highest BCUT2D eigenvalue weighted by Crippen LogP contribution is 2.30. The smallest absolute Gasteiger partial charge is 0.244 e. The molecule has 2 atom stereocenters. The zero-order valence-corrected chi connectivity index (χ0v) is 19.3. The minimum absolute atomic E-state index is 0.361. The fraction of sp³-hybridized carbons (Fsp3) is 0.409. The van der Waals surface area contributed by atoms with Crippen LogP contribution in [0.2, 0.25) is 0 Å². The number of benzene rings is 2. The number of hydrogen-bond donors (Lipinski definition) is 1. The topological polar surface area (TPSA) is 84.9 Å².